The molecule has 0 radical (unpaired) electrons. The first-order valence-corrected chi connectivity index (χ1v) is 9.72. The Morgan fingerprint density at radius 3 is 2.37 bits per heavy atom. The minimum absolute atomic E-state index is 0.171. The molecule has 0 spiro atoms. The highest BCUT2D eigenvalue weighted by Crippen LogP contribution is 2.17. The lowest BCUT2D eigenvalue weighted by atomic mass is 10.2. The third-order valence-corrected chi connectivity index (χ3v) is 5.77. The molecule has 0 unspecified atom stereocenters. The molecule has 3 aromatic rings. The Morgan fingerprint density at radius 2 is 1.74 bits per heavy atom. The maximum absolute atomic E-state index is 12.2. The summed E-state index contributed by atoms with van der Waals surface area (Å²) in [5.74, 6) is -0.203. The van der Waals surface area contributed by atoms with E-state index in [1.54, 1.807) is 23.0 Å². The van der Waals surface area contributed by atoms with Crippen LogP contribution >= 0.6 is 0 Å². The quantitative estimate of drug-likeness (QED) is 0.707. The third-order valence-electron chi connectivity index (χ3n) is 3.94. The molecule has 0 bridgehead atoms. The lowest BCUT2D eigenvalue weighted by Gasteiger charge is -2.12. The lowest BCUT2D eigenvalue weighted by Crippen LogP contribution is -2.22. The number of para-hydroxylation sites is 1. The van der Waals surface area contributed by atoms with Gasteiger partial charge in [-0.3, -0.25) is 4.79 Å². The molecule has 1 aromatic heterocycles. The van der Waals surface area contributed by atoms with Crippen molar-refractivity contribution in [3.05, 3.63) is 72.6 Å². The number of carbonyl (C=O) groups is 1. The van der Waals surface area contributed by atoms with Crippen LogP contribution in [0.25, 0.3) is 5.69 Å². The summed E-state index contributed by atoms with van der Waals surface area (Å²) in [5.41, 5.74) is 2.23. The number of aromatic nitrogens is 2. The molecule has 1 N–H and O–H groups in total. The number of anilines is 1. The first-order valence-electron chi connectivity index (χ1n) is 8.28. The molecule has 3 rings (SSSR count). The monoisotopic (exact) mass is 384 g/mol. The predicted octanol–water partition coefficient (Wildman–Crippen LogP) is 2.30. The number of benzene rings is 2. The summed E-state index contributed by atoms with van der Waals surface area (Å²) in [6.07, 6.45) is 3.63. The Kier molecular flexibility index (Phi) is 5.38. The predicted molar refractivity (Wildman–Crippen MR) is 103 cm³/mol. The molecule has 7 nitrogen and oxygen atoms in total. The SMILES string of the molecule is CN(C)S(=O)(=O)c1ccc(NC(=O)Cc2cnn(-c3ccccc3)c2)cc1. The van der Waals surface area contributed by atoms with Crippen LogP contribution in [0, 0.1) is 0 Å². The first-order chi connectivity index (χ1) is 12.9. The number of rotatable bonds is 6. The van der Waals surface area contributed by atoms with Gasteiger partial charge in [-0.2, -0.15) is 5.10 Å². The van der Waals surface area contributed by atoms with Crippen LogP contribution in [0.1, 0.15) is 5.56 Å². The average molecular weight is 384 g/mol. The largest absolute Gasteiger partial charge is 0.326 e. The van der Waals surface area contributed by atoms with Crippen molar-refractivity contribution in [3.8, 4) is 5.69 Å². The Labute approximate surface area is 158 Å². The van der Waals surface area contributed by atoms with E-state index in [1.807, 2.05) is 36.5 Å². The van der Waals surface area contributed by atoms with Gasteiger partial charge in [0.05, 0.1) is 23.2 Å². The number of nitrogens with one attached hydrogen (secondary N) is 1. The molecular weight excluding hydrogens is 364 g/mol. The summed E-state index contributed by atoms with van der Waals surface area (Å²) in [4.78, 5) is 12.4. The molecule has 8 heteroatoms. The Morgan fingerprint density at radius 1 is 1.07 bits per heavy atom. The molecule has 27 heavy (non-hydrogen) atoms. The van der Waals surface area contributed by atoms with E-state index in [0.717, 1.165) is 15.6 Å². The van der Waals surface area contributed by atoms with Crippen LogP contribution in [0.4, 0.5) is 5.69 Å². The van der Waals surface area contributed by atoms with Crippen molar-refractivity contribution < 1.29 is 13.2 Å². The summed E-state index contributed by atoms with van der Waals surface area (Å²) in [7, 11) is -0.539. The van der Waals surface area contributed by atoms with E-state index in [-0.39, 0.29) is 17.2 Å². The summed E-state index contributed by atoms with van der Waals surface area (Å²) in [5, 5.41) is 7.03. The van der Waals surface area contributed by atoms with Crippen molar-refractivity contribution in [3.63, 3.8) is 0 Å². The van der Waals surface area contributed by atoms with Gasteiger partial charge in [-0.15, -0.1) is 0 Å². The normalized spacial score (nSPS) is 11.5. The highest BCUT2D eigenvalue weighted by Gasteiger charge is 2.16. The lowest BCUT2D eigenvalue weighted by molar-refractivity contribution is -0.115. The number of carbonyl (C=O) groups excluding carboxylic acids is 1. The van der Waals surface area contributed by atoms with Crippen LogP contribution in [-0.4, -0.2) is 42.5 Å². The second-order valence-corrected chi connectivity index (χ2v) is 8.32. The van der Waals surface area contributed by atoms with Gasteiger partial charge in [0.25, 0.3) is 0 Å². The van der Waals surface area contributed by atoms with Crippen LogP contribution in [0.3, 0.4) is 0 Å². The van der Waals surface area contributed by atoms with Crippen molar-refractivity contribution in [2.24, 2.45) is 0 Å². The number of hydrogen-bond donors (Lipinski definition) is 1. The third kappa shape index (κ3) is 4.42. The van der Waals surface area contributed by atoms with Gasteiger partial charge in [-0.25, -0.2) is 17.4 Å². The van der Waals surface area contributed by atoms with Crippen LogP contribution in [0.15, 0.2) is 71.9 Å². The van der Waals surface area contributed by atoms with E-state index in [0.29, 0.717) is 5.69 Å². The van der Waals surface area contributed by atoms with Crippen molar-refractivity contribution in [1.29, 1.82) is 0 Å². The van der Waals surface area contributed by atoms with E-state index in [2.05, 4.69) is 10.4 Å². The Bertz CT molecular complexity index is 1030. The topological polar surface area (TPSA) is 84.3 Å². The fourth-order valence-electron chi connectivity index (χ4n) is 2.48. The summed E-state index contributed by atoms with van der Waals surface area (Å²) < 4.78 is 27.0. The van der Waals surface area contributed by atoms with Gasteiger partial charge in [0.1, 0.15) is 0 Å². The number of hydrogen-bond acceptors (Lipinski definition) is 4. The van der Waals surface area contributed by atoms with Gasteiger partial charge in [0.15, 0.2) is 0 Å². The number of sulfonamides is 1. The van der Waals surface area contributed by atoms with Gasteiger partial charge in [-0.05, 0) is 42.0 Å². The second kappa shape index (κ2) is 7.73. The molecule has 0 aliphatic rings. The standard InChI is InChI=1S/C19H20N4O3S/c1-22(2)27(25,26)18-10-8-16(9-11-18)21-19(24)12-15-13-20-23(14-15)17-6-4-3-5-7-17/h3-11,13-14H,12H2,1-2H3,(H,21,24). The highest BCUT2D eigenvalue weighted by atomic mass is 32.2. The van der Waals surface area contributed by atoms with Gasteiger partial charge >= 0.3 is 0 Å². The minimum Gasteiger partial charge on any atom is -0.326 e. The van der Waals surface area contributed by atoms with Crippen LogP contribution in [0.2, 0.25) is 0 Å². The molecule has 0 atom stereocenters. The molecule has 0 fully saturated rings. The molecule has 0 saturated heterocycles. The second-order valence-electron chi connectivity index (χ2n) is 6.17. The van der Waals surface area contributed by atoms with E-state index < -0.39 is 10.0 Å². The van der Waals surface area contributed by atoms with Crippen molar-refractivity contribution in [2.45, 2.75) is 11.3 Å². The Hall–Kier alpha value is -2.97. The van der Waals surface area contributed by atoms with Gasteiger partial charge in [0.2, 0.25) is 15.9 Å². The van der Waals surface area contributed by atoms with E-state index >= 15 is 0 Å². The minimum atomic E-state index is -3.48. The molecule has 140 valence electrons. The fourth-order valence-corrected chi connectivity index (χ4v) is 3.39. The first kappa shape index (κ1) is 18.8. The maximum atomic E-state index is 12.2. The summed E-state index contributed by atoms with van der Waals surface area (Å²) >= 11 is 0. The van der Waals surface area contributed by atoms with E-state index in [1.165, 1.54) is 26.2 Å². The fraction of sp³-hybridized carbons (Fsp3) is 0.158. The molecule has 1 amide bonds. The zero-order valence-electron chi connectivity index (χ0n) is 15.0. The zero-order valence-corrected chi connectivity index (χ0v) is 15.8. The zero-order chi connectivity index (χ0) is 19.4. The number of amides is 1. The number of nitrogens with zero attached hydrogens (tertiary/aromatic N) is 3. The maximum Gasteiger partial charge on any atom is 0.242 e. The highest BCUT2D eigenvalue weighted by molar-refractivity contribution is 7.89. The summed E-state index contributed by atoms with van der Waals surface area (Å²) in [6, 6.07) is 15.7. The van der Waals surface area contributed by atoms with Crippen molar-refractivity contribution in [2.75, 3.05) is 19.4 Å². The molecule has 0 aliphatic heterocycles. The summed E-state index contributed by atoms with van der Waals surface area (Å²) in [6.45, 7) is 0. The molecular formula is C19H20N4O3S. The van der Waals surface area contributed by atoms with Crippen molar-refractivity contribution >= 4 is 21.6 Å². The van der Waals surface area contributed by atoms with Gasteiger partial charge in [-0.1, -0.05) is 18.2 Å². The van der Waals surface area contributed by atoms with Crippen LogP contribution in [-0.2, 0) is 21.2 Å². The molecule has 2 aromatic carbocycles. The average Bonchev–Trinajstić information content (AvgIpc) is 3.11. The smallest absolute Gasteiger partial charge is 0.242 e. The van der Waals surface area contributed by atoms with E-state index in [4.69, 9.17) is 0 Å². The van der Waals surface area contributed by atoms with Gasteiger partial charge in [0, 0.05) is 26.0 Å². The molecule has 1 heterocycles. The molecule has 0 aliphatic carbocycles. The van der Waals surface area contributed by atoms with Crippen LogP contribution in [0.5, 0.6) is 0 Å². The van der Waals surface area contributed by atoms with Gasteiger partial charge < -0.3 is 5.32 Å². The van der Waals surface area contributed by atoms with Crippen LogP contribution < -0.4 is 5.32 Å². The molecule has 0 saturated carbocycles. The van der Waals surface area contributed by atoms with Crippen molar-refractivity contribution in [1.82, 2.24) is 14.1 Å². The Balaban J connectivity index is 1.64. The van der Waals surface area contributed by atoms with E-state index in [9.17, 15) is 13.2 Å².